The van der Waals surface area contributed by atoms with E-state index in [4.69, 9.17) is 21.7 Å². The third kappa shape index (κ3) is 4.40. The van der Waals surface area contributed by atoms with Gasteiger partial charge in [-0.25, -0.2) is 9.49 Å². The quantitative estimate of drug-likeness (QED) is 0.510. The molecule has 140 valence electrons. The van der Waals surface area contributed by atoms with Crippen molar-refractivity contribution in [3.05, 3.63) is 69.5 Å². The lowest BCUT2D eigenvalue weighted by atomic mass is 10.1. The summed E-state index contributed by atoms with van der Waals surface area (Å²) in [5.41, 5.74) is 2.77. The van der Waals surface area contributed by atoms with Gasteiger partial charge in [-0.3, -0.25) is 0 Å². The normalized spacial score (nSPS) is 11.1. The number of nitrogens with one attached hydrogen (secondary N) is 1. The van der Waals surface area contributed by atoms with Crippen LogP contribution in [0.2, 0.25) is 0 Å². The number of halogens is 1. The Morgan fingerprint density at radius 3 is 2.70 bits per heavy atom. The number of rotatable bonds is 6. The van der Waals surface area contributed by atoms with E-state index in [1.807, 2.05) is 32.0 Å². The van der Waals surface area contributed by atoms with Gasteiger partial charge in [0, 0.05) is 0 Å². The van der Waals surface area contributed by atoms with Gasteiger partial charge in [0.2, 0.25) is 4.77 Å². The number of benzene rings is 2. The largest absolute Gasteiger partial charge is 0.494 e. The third-order valence-corrected chi connectivity index (χ3v) is 4.17. The van der Waals surface area contributed by atoms with Crippen LogP contribution >= 0.6 is 12.2 Å². The van der Waals surface area contributed by atoms with Crippen LogP contribution in [0.3, 0.4) is 0 Å². The summed E-state index contributed by atoms with van der Waals surface area (Å²) >= 11 is 5.21. The number of aromatic nitrogens is 3. The molecule has 0 saturated carbocycles. The number of methoxy groups -OCH3 is 1. The first-order valence-corrected chi connectivity index (χ1v) is 8.63. The summed E-state index contributed by atoms with van der Waals surface area (Å²) in [7, 11) is 1.42. The molecule has 0 spiro atoms. The Labute approximate surface area is 161 Å². The second-order valence-electron chi connectivity index (χ2n) is 5.95. The number of aromatic amines is 1. The molecule has 0 unspecified atom stereocenters. The molecule has 0 aliphatic rings. The van der Waals surface area contributed by atoms with E-state index >= 15 is 0 Å². The number of H-pyrrole nitrogens is 1. The standard InChI is InChI=1S/C19H19FN4O2S/c1-12-4-6-16(13(2)8-12)26-11-18-22-23-19(27)24(18)21-10-14-5-7-17(25-3)15(20)9-14/h4-10H,11H2,1-3H3,(H,23,27)/b21-10-. The van der Waals surface area contributed by atoms with Crippen LogP contribution in [0.4, 0.5) is 4.39 Å². The Balaban J connectivity index is 1.78. The molecule has 27 heavy (non-hydrogen) atoms. The van der Waals surface area contributed by atoms with Crippen molar-refractivity contribution in [2.45, 2.75) is 20.5 Å². The predicted molar refractivity (Wildman–Crippen MR) is 104 cm³/mol. The summed E-state index contributed by atoms with van der Waals surface area (Å²) in [5.74, 6) is 0.984. The van der Waals surface area contributed by atoms with E-state index in [9.17, 15) is 4.39 Å². The molecule has 0 bridgehead atoms. The van der Waals surface area contributed by atoms with Gasteiger partial charge < -0.3 is 9.47 Å². The Kier molecular flexibility index (Phi) is 5.66. The van der Waals surface area contributed by atoms with Gasteiger partial charge in [-0.1, -0.05) is 17.7 Å². The molecule has 2 aromatic carbocycles. The Bertz CT molecular complexity index is 1040. The molecule has 1 N–H and O–H groups in total. The van der Waals surface area contributed by atoms with Crippen LogP contribution in [0.15, 0.2) is 41.5 Å². The molecule has 6 nitrogen and oxygen atoms in total. The first-order chi connectivity index (χ1) is 13.0. The zero-order chi connectivity index (χ0) is 19.4. The summed E-state index contributed by atoms with van der Waals surface area (Å²) in [6.45, 7) is 4.19. The van der Waals surface area contributed by atoms with Gasteiger partial charge in [0.25, 0.3) is 0 Å². The van der Waals surface area contributed by atoms with Gasteiger partial charge in [0.1, 0.15) is 12.4 Å². The summed E-state index contributed by atoms with van der Waals surface area (Å²) < 4.78 is 26.3. The second kappa shape index (κ2) is 8.13. The van der Waals surface area contributed by atoms with Crippen LogP contribution in [-0.2, 0) is 6.61 Å². The van der Waals surface area contributed by atoms with Crippen LogP contribution in [-0.4, -0.2) is 28.2 Å². The van der Waals surface area contributed by atoms with E-state index < -0.39 is 5.82 Å². The highest BCUT2D eigenvalue weighted by atomic mass is 32.1. The molecule has 8 heteroatoms. The average Bonchev–Trinajstić information content (AvgIpc) is 2.99. The molecule has 0 fully saturated rings. The van der Waals surface area contributed by atoms with E-state index in [2.05, 4.69) is 15.3 Å². The first-order valence-electron chi connectivity index (χ1n) is 8.22. The minimum Gasteiger partial charge on any atom is -0.494 e. The van der Waals surface area contributed by atoms with Gasteiger partial charge in [-0.15, -0.1) is 0 Å². The highest BCUT2D eigenvalue weighted by molar-refractivity contribution is 7.71. The molecule has 0 radical (unpaired) electrons. The number of ether oxygens (including phenoxy) is 2. The summed E-state index contributed by atoms with van der Waals surface area (Å²) in [4.78, 5) is 0. The Morgan fingerprint density at radius 1 is 1.22 bits per heavy atom. The smallest absolute Gasteiger partial charge is 0.216 e. The lowest BCUT2D eigenvalue weighted by Crippen LogP contribution is -2.05. The fourth-order valence-corrected chi connectivity index (χ4v) is 2.73. The highest BCUT2D eigenvalue weighted by Gasteiger charge is 2.08. The highest BCUT2D eigenvalue weighted by Crippen LogP contribution is 2.20. The third-order valence-electron chi connectivity index (χ3n) is 3.90. The average molecular weight is 386 g/mol. The van der Waals surface area contributed by atoms with Gasteiger partial charge in [0.15, 0.2) is 17.4 Å². The van der Waals surface area contributed by atoms with E-state index in [1.165, 1.54) is 35.7 Å². The molecule has 3 aromatic rings. The summed E-state index contributed by atoms with van der Waals surface area (Å²) in [6.07, 6.45) is 1.49. The monoisotopic (exact) mass is 386 g/mol. The number of aryl methyl sites for hydroxylation is 2. The Hall–Kier alpha value is -3.00. The topological polar surface area (TPSA) is 64.4 Å². The van der Waals surface area contributed by atoms with Crippen LogP contribution in [0.5, 0.6) is 11.5 Å². The van der Waals surface area contributed by atoms with E-state index in [-0.39, 0.29) is 12.4 Å². The van der Waals surface area contributed by atoms with E-state index in [0.717, 1.165) is 11.3 Å². The van der Waals surface area contributed by atoms with Crippen molar-refractivity contribution < 1.29 is 13.9 Å². The SMILES string of the molecule is COc1ccc(/C=N\n2c(COc3ccc(C)cc3C)n[nH]c2=S)cc1F. The number of hydrogen-bond donors (Lipinski definition) is 1. The fourth-order valence-electron chi connectivity index (χ4n) is 2.53. The predicted octanol–water partition coefficient (Wildman–Crippen LogP) is 4.17. The lowest BCUT2D eigenvalue weighted by Gasteiger charge is -2.09. The van der Waals surface area contributed by atoms with Crippen molar-refractivity contribution in [3.63, 3.8) is 0 Å². The molecule has 0 saturated heterocycles. The molecule has 0 atom stereocenters. The van der Waals surface area contributed by atoms with Crippen molar-refractivity contribution >= 4 is 18.4 Å². The van der Waals surface area contributed by atoms with Crippen molar-refractivity contribution in [1.82, 2.24) is 14.9 Å². The first kappa shape index (κ1) is 18.8. The lowest BCUT2D eigenvalue weighted by molar-refractivity contribution is 0.288. The molecule has 1 heterocycles. The fraction of sp³-hybridized carbons (Fsp3) is 0.211. The van der Waals surface area contributed by atoms with Gasteiger partial charge in [-0.2, -0.15) is 14.9 Å². The van der Waals surface area contributed by atoms with Crippen molar-refractivity contribution in [3.8, 4) is 11.5 Å². The maximum atomic E-state index is 13.8. The van der Waals surface area contributed by atoms with Crippen LogP contribution in [0.1, 0.15) is 22.5 Å². The number of hydrogen-bond acceptors (Lipinski definition) is 5. The Morgan fingerprint density at radius 2 is 2.00 bits per heavy atom. The second-order valence-corrected chi connectivity index (χ2v) is 6.34. The van der Waals surface area contributed by atoms with Crippen molar-refractivity contribution in [1.29, 1.82) is 0 Å². The molecule has 1 aromatic heterocycles. The molecular formula is C19H19FN4O2S. The maximum Gasteiger partial charge on any atom is 0.216 e. The molecule has 0 amide bonds. The van der Waals surface area contributed by atoms with Crippen LogP contribution < -0.4 is 9.47 Å². The summed E-state index contributed by atoms with van der Waals surface area (Å²) in [5, 5.41) is 11.1. The number of nitrogens with zero attached hydrogens (tertiary/aromatic N) is 3. The van der Waals surface area contributed by atoms with E-state index in [0.29, 0.717) is 16.2 Å². The minimum absolute atomic E-state index is 0.176. The molecular weight excluding hydrogens is 367 g/mol. The van der Waals surface area contributed by atoms with Gasteiger partial charge in [0.05, 0.1) is 13.3 Å². The molecule has 0 aliphatic heterocycles. The zero-order valence-electron chi connectivity index (χ0n) is 15.2. The van der Waals surface area contributed by atoms with Crippen molar-refractivity contribution in [2.75, 3.05) is 7.11 Å². The van der Waals surface area contributed by atoms with Gasteiger partial charge >= 0.3 is 0 Å². The zero-order valence-corrected chi connectivity index (χ0v) is 16.0. The van der Waals surface area contributed by atoms with Crippen molar-refractivity contribution in [2.24, 2.45) is 5.10 Å². The van der Waals surface area contributed by atoms with Crippen LogP contribution in [0, 0.1) is 24.4 Å². The minimum atomic E-state index is -0.462. The van der Waals surface area contributed by atoms with Gasteiger partial charge in [-0.05, 0) is 61.5 Å². The van der Waals surface area contributed by atoms with E-state index in [1.54, 1.807) is 6.07 Å². The molecule has 0 aliphatic carbocycles. The van der Waals surface area contributed by atoms with Crippen LogP contribution in [0.25, 0.3) is 0 Å². The summed E-state index contributed by atoms with van der Waals surface area (Å²) in [6, 6.07) is 10.5. The molecule has 3 rings (SSSR count). The maximum absolute atomic E-state index is 13.8.